The van der Waals surface area contributed by atoms with E-state index in [1.165, 1.54) is 20.5 Å². The molecular formula is C17H15ClFN3O4S2. The third kappa shape index (κ3) is 4.03. The lowest BCUT2D eigenvalue weighted by molar-refractivity contribution is 0.391. The molecule has 0 amide bonds. The molecule has 0 bridgehead atoms. The second-order valence-electron chi connectivity index (χ2n) is 5.49. The fourth-order valence-corrected chi connectivity index (χ4v) is 4.84. The van der Waals surface area contributed by atoms with Crippen molar-refractivity contribution in [2.75, 3.05) is 18.5 Å². The highest BCUT2D eigenvalue weighted by Gasteiger charge is 2.29. The first-order valence-corrected chi connectivity index (χ1v) is 10.4. The molecule has 11 heteroatoms. The molecule has 0 spiro atoms. The Balaban J connectivity index is 2.07. The zero-order valence-corrected chi connectivity index (χ0v) is 17.2. The van der Waals surface area contributed by atoms with Gasteiger partial charge in [-0.2, -0.15) is 4.37 Å². The fourth-order valence-electron chi connectivity index (χ4n) is 2.43. The summed E-state index contributed by atoms with van der Waals surface area (Å²) in [4.78, 5) is 3.85. The van der Waals surface area contributed by atoms with E-state index in [-0.39, 0.29) is 21.6 Å². The molecule has 0 aliphatic carbocycles. The maximum atomic E-state index is 13.5. The number of nitrogens with zero attached hydrogens (tertiary/aromatic N) is 3. The highest BCUT2D eigenvalue weighted by molar-refractivity contribution is 7.93. The standard InChI is InChI=1S/C17H15ClFN3O4S2/c1-25-12-4-3-11(16(7-12)26-2)9-22(17-20-10-21-27-17)28(23,24)13-5-6-15(19)14(18)8-13/h3-8,10H,9H2,1-2H3. The van der Waals surface area contributed by atoms with Crippen molar-refractivity contribution < 1.29 is 22.3 Å². The molecule has 0 unspecified atom stereocenters. The van der Waals surface area contributed by atoms with Gasteiger partial charge in [0.2, 0.25) is 5.13 Å². The summed E-state index contributed by atoms with van der Waals surface area (Å²) in [6.07, 6.45) is 1.26. The molecule has 0 N–H and O–H groups in total. The first kappa shape index (κ1) is 20.3. The molecule has 0 aliphatic heterocycles. The van der Waals surface area contributed by atoms with Gasteiger partial charge in [0.05, 0.1) is 30.7 Å². The summed E-state index contributed by atoms with van der Waals surface area (Å²) in [7, 11) is -1.11. The molecule has 0 aliphatic rings. The van der Waals surface area contributed by atoms with Gasteiger partial charge in [-0.1, -0.05) is 11.6 Å². The van der Waals surface area contributed by atoms with Crippen LogP contribution in [0.1, 0.15) is 5.56 Å². The number of sulfonamides is 1. The summed E-state index contributed by atoms with van der Waals surface area (Å²) >= 11 is 6.69. The van der Waals surface area contributed by atoms with Crippen LogP contribution in [0.15, 0.2) is 47.6 Å². The van der Waals surface area contributed by atoms with Gasteiger partial charge >= 0.3 is 0 Å². The minimum atomic E-state index is -4.10. The van der Waals surface area contributed by atoms with E-state index in [0.29, 0.717) is 17.1 Å². The third-order valence-electron chi connectivity index (χ3n) is 3.85. The van der Waals surface area contributed by atoms with Crippen LogP contribution in [0.2, 0.25) is 5.02 Å². The number of hydrogen-bond acceptors (Lipinski definition) is 7. The number of benzene rings is 2. The number of halogens is 2. The topological polar surface area (TPSA) is 81.6 Å². The van der Waals surface area contributed by atoms with Crippen molar-refractivity contribution in [1.29, 1.82) is 0 Å². The Morgan fingerprint density at radius 3 is 2.57 bits per heavy atom. The largest absolute Gasteiger partial charge is 0.497 e. The number of aromatic nitrogens is 2. The van der Waals surface area contributed by atoms with E-state index in [2.05, 4.69) is 9.36 Å². The Labute approximate surface area is 170 Å². The van der Waals surface area contributed by atoms with Gasteiger partial charge in [-0.25, -0.2) is 22.1 Å². The van der Waals surface area contributed by atoms with E-state index in [0.717, 1.165) is 34.0 Å². The van der Waals surface area contributed by atoms with Crippen LogP contribution in [0.4, 0.5) is 9.52 Å². The summed E-state index contributed by atoms with van der Waals surface area (Å²) in [6.45, 7) is -0.0836. The first-order valence-electron chi connectivity index (χ1n) is 7.82. The zero-order chi connectivity index (χ0) is 20.3. The first-order chi connectivity index (χ1) is 13.4. The number of rotatable bonds is 7. The van der Waals surface area contributed by atoms with Gasteiger partial charge in [-0.3, -0.25) is 0 Å². The minimum Gasteiger partial charge on any atom is -0.497 e. The van der Waals surface area contributed by atoms with Crippen LogP contribution in [0.5, 0.6) is 11.5 Å². The van der Waals surface area contributed by atoms with Crippen LogP contribution in [-0.2, 0) is 16.6 Å². The van der Waals surface area contributed by atoms with Crippen molar-refractivity contribution in [2.45, 2.75) is 11.4 Å². The van der Waals surface area contributed by atoms with Gasteiger partial charge in [0.1, 0.15) is 23.6 Å². The maximum Gasteiger partial charge on any atom is 0.266 e. The molecule has 0 fully saturated rings. The van der Waals surface area contributed by atoms with Gasteiger partial charge in [0.25, 0.3) is 10.0 Å². The van der Waals surface area contributed by atoms with Gasteiger partial charge in [0.15, 0.2) is 0 Å². The molecule has 7 nitrogen and oxygen atoms in total. The molecule has 1 aromatic heterocycles. The molecule has 3 rings (SSSR count). The zero-order valence-electron chi connectivity index (χ0n) is 14.8. The predicted octanol–water partition coefficient (Wildman–Crippen LogP) is 3.74. The average molecular weight is 444 g/mol. The summed E-state index contributed by atoms with van der Waals surface area (Å²) in [6, 6.07) is 8.24. The quantitative estimate of drug-likeness (QED) is 0.553. The summed E-state index contributed by atoms with van der Waals surface area (Å²) in [5.74, 6) is 0.303. The number of methoxy groups -OCH3 is 2. The normalized spacial score (nSPS) is 11.3. The van der Waals surface area contributed by atoms with E-state index in [1.54, 1.807) is 18.2 Å². The van der Waals surface area contributed by atoms with Crippen molar-refractivity contribution in [1.82, 2.24) is 9.36 Å². The number of ether oxygens (including phenoxy) is 2. The van der Waals surface area contributed by atoms with E-state index in [1.807, 2.05) is 0 Å². The number of anilines is 1. The summed E-state index contributed by atoms with van der Waals surface area (Å²) in [5, 5.41) is -0.140. The molecular weight excluding hydrogens is 429 g/mol. The van der Waals surface area contributed by atoms with Gasteiger partial charge in [0, 0.05) is 23.2 Å². The van der Waals surface area contributed by atoms with Crippen molar-refractivity contribution in [3.63, 3.8) is 0 Å². The molecule has 2 aromatic carbocycles. The Hall–Kier alpha value is -2.43. The highest BCUT2D eigenvalue weighted by Crippen LogP contribution is 2.32. The third-order valence-corrected chi connectivity index (χ3v) is 6.68. The SMILES string of the molecule is COc1ccc(CN(c2ncns2)S(=O)(=O)c2ccc(F)c(Cl)c2)c(OC)c1. The molecule has 28 heavy (non-hydrogen) atoms. The van der Waals surface area contributed by atoms with Crippen LogP contribution < -0.4 is 13.8 Å². The van der Waals surface area contributed by atoms with Crippen LogP contribution in [-0.4, -0.2) is 32.0 Å². The lowest BCUT2D eigenvalue weighted by Gasteiger charge is -2.22. The van der Waals surface area contributed by atoms with Crippen molar-refractivity contribution in [3.8, 4) is 11.5 Å². The van der Waals surface area contributed by atoms with E-state index >= 15 is 0 Å². The molecule has 1 heterocycles. The summed E-state index contributed by atoms with van der Waals surface area (Å²) in [5.41, 5.74) is 0.579. The maximum absolute atomic E-state index is 13.5. The fraction of sp³-hybridized carbons (Fsp3) is 0.176. The van der Waals surface area contributed by atoms with Gasteiger partial charge in [-0.15, -0.1) is 0 Å². The lowest BCUT2D eigenvalue weighted by Crippen LogP contribution is -2.30. The monoisotopic (exact) mass is 443 g/mol. The van der Waals surface area contributed by atoms with Crippen molar-refractivity contribution in [2.24, 2.45) is 0 Å². The van der Waals surface area contributed by atoms with E-state index in [4.69, 9.17) is 21.1 Å². The van der Waals surface area contributed by atoms with Crippen LogP contribution in [0, 0.1) is 5.82 Å². The Morgan fingerprint density at radius 2 is 1.96 bits per heavy atom. The molecule has 0 saturated carbocycles. The highest BCUT2D eigenvalue weighted by atomic mass is 35.5. The van der Waals surface area contributed by atoms with E-state index < -0.39 is 15.8 Å². The summed E-state index contributed by atoms with van der Waals surface area (Å²) < 4.78 is 55.4. The Morgan fingerprint density at radius 1 is 1.18 bits per heavy atom. The molecule has 3 aromatic rings. The van der Waals surface area contributed by atoms with Gasteiger partial charge < -0.3 is 9.47 Å². The van der Waals surface area contributed by atoms with E-state index in [9.17, 15) is 12.8 Å². The van der Waals surface area contributed by atoms with Crippen LogP contribution >= 0.6 is 23.1 Å². The lowest BCUT2D eigenvalue weighted by atomic mass is 10.2. The number of hydrogen-bond donors (Lipinski definition) is 0. The van der Waals surface area contributed by atoms with Crippen LogP contribution in [0.3, 0.4) is 0 Å². The predicted molar refractivity (Wildman–Crippen MR) is 104 cm³/mol. The second-order valence-corrected chi connectivity index (χ2v) is 8.52. The Kier molecular flexibility index (Phi) is 6.01. The van der Waals surface area contributed by atoms with Crippen LogP contribution in [0.25, 0.3) is 0 Å². The molecule has 148 valence electrons. The van der Waals surface area contributed by atoms with Crippen molar-refractivity contribution in [3.05, 3.63) is 59.1 Å². The Bertz CT molecular complexity index is 1080. The molecule has 0 radical (unpaired) electrons. The minimum absolute atomic E-state index is 0.0836. The van der Waals surface area contributed by atoms with Gasteiger partial charge in [-0.05, 0) is 30.3 Å². The molecule has 0 atom stereocenters. The van der Waals surface area contributed by atoms with Crippen molar-refractivity contribution >= 4 is 38.3 Å². The smallest absolute Gasteiger partial charge is 0.266 e. The molecule has 0 saturated heterocycles. The second kappa shape index (κ2) is 8.29. The average Bonchev–Trinajstić information content (AvgIpc) is 3.22.